The summed E-state index contributed by atoms with van der Waals surface area (Å²) in [5.41, 5.74) is 0. The fourth-order valence-corrected chi connectivity index (χ4v) is 0.0770. The van der Waals surface area contributed by atoms with Crippen molar-refractivity contribution in [1.29, 1.82) is 0 Å². The van der Waals surface area contributed by atoms with Gasteiger partial charge in [-0.25, -0.2) is 0 Å². The zero-order chi connectivity index (χ0) is 4.99. The molecule has 7 heavy (non-hydrogen) atoms. The van der Waals surface area contributed by atoms with Crippen LogP contribution >= 0.6 is 0 Å². The second-order valence-electron chi connectivity index (χ2n) is 0.755. The van der Waals surface area contributed by atoms with Crippen LogP contribution in [0.2, 0.25) is 0 Å². The molecule has 0 atom stereocenters. The summed E-state index contributed by atoms with van der Waals surface area (Å²) < 4.78 is 0. The summed E-state index contributed by atoms with van der Waals surface area (Å²) in [6.07, 6.45) is -0.125. The van der Waals surface area contributed by atoms with Crippen LogP contribution in [0.15, 0.2) is 12.3 Å². The minimum atomic E-state index is -1.53. The fraction of sp³-hybridized carbons (Fsp3) is 0.333. The molecule has 44 valence electrons. The summed E-state index contributed by atoms with van der Waals surface area (Å²) in [5.74, 6) is 0. The predicted octanol–water partition coefficient (Wildman–Crippen LogP) is -1.55. The summed E-state index contributed by atoms with van der Waals surface area (Å²) in [6, 6.07) is 0. The second kappa shape index (κ2) is 6.36. The molecule has 3 N–H and O–H groups in total. The number of hydrogen-bond acceptors (Lipinski definition) is 3. The normalized spacial score (nSPS) is 9.57. The van der Waals surface area contributed by atoms with Gasteiger partial charge in [-0.15, -0.1) is 0 Å². The molecule has 0 aromatic heterocycles. The maximum atomic E-state index is 7.86. The van der Waals surface area contributed by atoms with Gasteiger partial charge in [0.1, 0.15) is 0 Å². The topological polar surface area (TPSA) is 60.7 Å². The first-order valence-electron chi connectivity index (χ1n) is 1.44. The molecular formula is C3H8O3Po. The molecule has 0 amide bonds. The first kappa shape index (κ1) is 10.4. The zero-order valence-corrected chi connectivity index (χ0v) is 7.46. The molecule has 0 spiro atoms. The van der Waals surface area contributed by atoms with Gasteiger partial charge < -0.3 is 15.3 Å². The van der Waals surface area contributed by atoms with Gasteiger partial charge in [-0.3, -0.25) is 0 Å². The van der Waals surface area contributed by atoms with Crippen LogP contribution < -0.4 is 0 Å². The van der Waals surface area contributed by atoms with Gasteiger partial charge in [-0.2, -0.15) is 0 Å². The third-order valence-corrected chi connectivity index (χ3v) is 0.258. The first-order chi connectivity index (χ1) is 2.77. The van der Waals surface area contributed by atoms with Crippen LogP contribution in [0.5, 0.6) is 0 Å². The van der Waals surface area contributed by atoms with Gasteiger partial charge in [0, 0.05) is 6.08 Å². The van der Waals surface area contributed by atoms with Gasteiger partial charge in [0.15, 0.2) is 6.29 Å². The van der Waals surface area contributed by atoms with Crippen LogP contribution in [0.1, 0.15) is 0 Å². The Bertz CT molecular complexity index is 52.1. The molecule has 0 aliphatic carbocycles. The molecule has 3 nitrogen and oxygen atoms in total. The Balaban J connectivity index is 0. The summed E-state index contributed by atoms with van der Waals surface area (Å²) in [5, 5.41) is 23.5. The monoisotopic (exact) mass is 301 g/mol. The van der Waals surface area contributed by atoms with Crippen molar-refractivity contribution < 1.29 is 15.3 Å². The van der Waals surface area contributed by atoms with Gasteiger partial charge in [-0.05, 0) is 0 Å². The van der Waals surface area contributed by atoms with E-state index >= 15 is 0 Å². The molecule has 0 bridgehead atoms. The van der Waals surface area contributed by atoms with Gasteiger partial charge in [0.25, 0.3) is 0 Å². The molecule has 4 heteroatoms. The Morgan fingerprint density at radius 3 is 1.71 bits per heavy atom. The average molecular weight is 301 g/mol. The van der Waals surface area contributed by atoms with Crippen LogP contribution in [0, 0.1) is 0 Å². The van der Waals surface area contributed by atoms with E-state index in [-0.39, 0.29) is 26.6 Å². The van der Waals surface area contributed by atoms with Gasteiger partial charge in [0.2, 0.25) is 0 Å². The van der Waals surface area contributed by atoms with Crippen LogP contribution in [-0.2, 0) is 0 Å². The quantitative estimate of drug-likeness (QED) is 0.406. The van der Waals surface area contributed by atoms with Crippen LogP contribution in [0.25, 0.3) is 0 Å². The molecule has 0 aromatic carbocycles. The molecule has 0 saturated heterocycles. The van der Waals surface area contributed by atoms with Crippen molar-refractivity contribution in [2.24, 2.45) is 0 Å². The van der Waals surface area contributed by atoms with Gasteiger partial charge in [-0.1, -0.05) is 0 Å². The molecule has 0 fully saturated rings. The molecule has 0 radical (unpaired) electrons. The van der Waals surface area contributed by atoms with Crippen molar-refractivity contribution in [2.45, 2.75) is 6.29 Å². The Labute approximate surface area is 60.8 Å². The van der Waals surface area contributed by atoms with Crippen molar-refractivity contribution in [3.63, 3.8) is 0 Å². The summed E-state index contributed by atoms with van der Waals surface area (Å²) in [6.45, 7) is 0. The summed E-state index contributed by atoms with van der Waals surface area (Å²) in [4.78, 5) is 0. The zero-order valence-electron chi connectivity index (χ0n) is 3.57. The van der Waals surface area contributed by atoms with E-state index in [2.05, 4.69) is 0 Å². The van der Waals surface area contributed by atoms with E-state index < -0.39 is 6.29 Å². The van der Waals surface area contributed by atoms with E-state index in [4.69, 9.17) is 15.3 Å². The van der Waals surface area contributed by atoms with Crippen LogP contribution in [0.3, 0.4) is 0 Å². The second-order valence-corrected chi connectivity index (χ2v) is 0.755. The number of rotatable bonds is 1. The maximum absolute atomic E-state index is 7.86. The number of aliphatic hydroxyl groups excluding tert-OH is 2. The third kappa shape index (κ3) is 10.7. The Kier molecular flexibility index (Phi) is 9.41. The van der Waals surface area contributed by atoms with E-state index in [1.165, 1.54) is 0 Å². The molecule has 0 rings (SSSR count). The van der Waals surface area contributed by atoms with E-state index in [0.717, 1.165) is 6.08 Å². The van der Waals surface area contributed by atoms with E-state index in [9.17, 15) is 0 Å². The molecule has 0 aromatic rings. The molecular weight excluding hydrogens is 293 g/mol. The van der Waals surface area contributed by atoms with E-state index in [0.29, 0.717) is 6.26 Å². The molecule has 0 saturated carbocycles. The van der Waals surface area contributed by atoms with Crippen molar-refractivity contribution in [3.05, 3.63) is 12.3 Å². The fourth-order valence-electron chi connectivity index (χ4n) is 0.0770. The third-order valence-electron chi connectivity index (χ3n) is 0.258. The summed E-state index contributed by atoms with van der Waals surface area (Å²) >= 11 is 0. The predicted molar refractivity (Wildman–Crippen MR) is 28.5 cm³/mol. The van der Waals surface area contributed by atoms with Crippen LogP contribution in [-0.4, -0.2) is 48.2 Å². The molecule has 0 heterocycles. The van der Waals surface area contributed by atoms with Gasteiger partial charge in [0.05, 0.1) is 6.26 Å². The average Bonchev–Trinajstić information content (AvgIpc) is 1.35. The van der Waals surface area contributed by atoms with Crippen molar-refractivity contribution in [1.82, 2.24) is 0 Å². The van der Waals surface area contributed by atoms with Crippen LogP contribution in [0.4, 0.5) is 0 Å². The molecule has 0 aliphatic rings. The van der Waals surface area contributed by atoms with E-state index in [1.54, 1.807) is 0 Å². The SMILES string of the molecule is OC=CC(O)O.[PoH2]. The van der Waals surface area contributed by atoms with Gasteiger partial charge >= 0.3 is 26.6 Å². The molecule has 0 unspecified atom stereocenters. The minimum absolute atomic E-state index is 0. The first-order valence-corrected chi connectivity index (χ1v) is 1.44. The van der Waals surface area contributed by atoms with Crippen molar-refractivity contribution in [2.75, 3.05) is 0 Å². The van der Waals surface area contributed by atoms with E-state index in [1.807, 2.05) is 0 Å². The number of hydrogen-bond donors (Lipinski definition) is 3. The Morgan fingerprint density at radius 2 is 1.71 bits per heavy atom. The van der Waals surface area contributed by atoms with Crippen molar-refractivity contribution >= 4 is 26.6 Å². The summed E-state index contributed by atoms with van der Waals surface area (Å²) in [7, 11) is 0. The Morgan fingerprint density at radius 1 is 1.29 bits per heavy atom. The standard InChI is InChI=1S/C3H6O3.Po.2H/c4-2-1-3(5)6;;;/h1-6H;;;. The Hall–Kier alpha value is 0.356. The number of aliphatic hydroxyl groups is 3. The molecule has 0 aliphatic heterocycles. The van der Waals surface area contributed by atoms with Crippen molar-refractivity contribution in [3.8, 4) is 0 Å².